The lowest BCUT2D eigenvalue weighted by Crippen LogP contribution is -2.26. The molecule has 1 rings (SSSR count). The fourth-order valence-electron chi connectivity index (χ4n) is 1.37. The zero-order valence-corrected chi connectivity index (χ0v) is 8.52. The Kier molecular flexibility index (Phi) is 3.73. The van der Waals surface area contributed by atoms with E-state index < -0.39 is 47.4 Å². The lowest BCUT2D eigenvalue weighted by Gasteiger charge is -2.12. The van der Waals surface area contributed by atoms with Gasteiger partial charge in [-0.3, -0.25) is 9.59 Å². The van der Waals surface area contributed by atoms with Crippen LogP contribution in [0.4, 0.5) is 22.0 Å². The van der Waals surface area contributed by atoms with E-state index in [0.29, 0.717) is 6.07 Å². The van der Waals surface area contributed by atoms with Crippen LogP contribution in [-0.2, 0) is 17.4 Å². The minimum Gasteiger partial charge on any atom is -0.481 e. The molecule has 0 atom stereocenters. The monoisotopic (exact) mass is 271 g/mol. The van der Waals surface area contributed by atoms with Gasteiger partial charge in [-0.25, -0.2) is 8.78 Å². The Bertz CT molecular complexity index is 520. The molecule has 9 heteroatoms. The number of rotatable bonds is 3. The van der Waals surface area contributed by atoms with E-state index in [9.17, 15) is 31.5 Å². The number of H-pyrrole nitrogens is 1. The molecule has 0 unspecified atom stereocenters. The minimum absolute atomic E-state index is 0.336. The number of hydrogen-bond acceptors (Lipinski definition) is 2. The lowest BCUT2D eigenvalue weighted by atomic mass is 10.1. The first-order chi connectivity index (χ1) is 8.12. The van der Waals surface area contributed by atoms with Crippen LogP contribution in [0.25, 0.3) is 0 Å². The predicted octanol–water partition coefficient (Wildman–Crippen LogP) is 1.96. The van der Waals surface area contributed by atoms with Gasteiger partial charge in [0, 0.05) is 0 Å². The van der Waals surface area contributed by atoms with Gasteiger partial charge in [-0.1, -0.05) is 0 Å². The molecule has 0 aliphatic rings. The van der Waals surface area contributed by atoms with E-state index in [1.165, 1.54) is 4.98 Å². The third-order valence-corrected chi connectivity index (χ3v) is 2.00. The summed E-state index contributed by atoms with van der Waals surface area (Å²) in [5, 5.41) is 8.41. The molecule has 0 aromatic carbocycles. The number of hydrogen-bond donors (Lipinski definition) is 2. The Morgan fingerprint density at radius 1 is 1.39 bits per heavy atom. The summed E-state index contributed by atoms with van der Waals surface area (Å²) in [6, 6.07) is 0.336. The van der Waals surface area contributed by atoms with Crippen LogP contribution in [0.5, 0.6) is 0 Å². The molecular formula is C9H6F5NO3. The van der Waals surface area contributed by atoms with Gasteiger partial charge < -0.3 is 10.1 Å². The van der Waals surface area contributed by atoms with Gasteiger partial charge in [-0.2, -0.15) is 13.2 Å². The van der Waals surface area contributed by atoms with Crippen LogP contribution >= 0.6 is 0 Å². The van der Waals surface area contributed by atoms with Crippen LogP contribution in [0.1, 0.15) is 23.2 Å². The number of aromatic nitrogens is 1. The summed E-state index contributed by atoms with van der Waals surface area (Å²) in [4.78, 5) is 22.8. The highest BCUT2D eigenvalue weighted by atomic mass is 19.4. The molecule has 0 saturated carbocycles. The van der Waals surface area contributed by atoms with E-state index in [1.807, 2.05) is 0 Å². The quantitative estimate of drug-likeness (QED) is 0.825. The summed E-state index contributed by atoms with van der Waals surface area (Å²) in [5.41, 5.74) is -5.59. The van der Waals surface area contributed by atoms with Gasteiger partial charge >= 0.3 is 12.1 Å². The van der Waals surface area contributed by atoms with Crippen molar-refractivity contribution in [3.8, 4) is 0 Å². The van der Waals surface area contributed by atoms with E-state index >= 15 is 0 Å². The van der Waals surface area contributed by atoms with Gasteiger partial charge in [0.1, 0.15) is 5.56 Å². The zero-order chi connectivity index (χ0) is 14.1. The van der Waals surface area contributed by atoms with Gasteiger partial charge in [-0.15, -0.1) is 0 Å². The number of aromatic amines is 1. The molecule has 0 radical (unpaired) electrons. The summed E-state index contributed by atoms with van der Waals surface area (Å²) in [6.07, 6.45) is -9.48. The number of alkyl halides is 5. The summed E-state index contributed by atoms with van der Waals surface area (Å²) < 4.78 is 62.1. The second-order valence-electron chi connectivity index (χ2n) is 3.32. The molecule has 1 heterocycles. The molecule has 1 aromatic rings. The maximum Gasteiger partial charge on any atom is 0.421 e. The largest absolute Gasteiger partial charge is 0.481 e. The highest BCUT2D eigenvalue weighted by Crippen LogP contribution is 2.30. The number of nitrogens with one attached hydrogen (secondary N) is 1. The van der Waals surface area contributed by atoms with Crippen molar-refractivity contribution >= 4 is 5.97 Å². The molecule has 0 fully saturated rings. The second-order valence-corrected chi connectivity index (χ2v) is 3.32. The molecule has 2 N–H and O–H groups in total. The molecule has 1 aromatic heterocycles. The third kappa shape index (κ3) is 3.05. The lowest BCUT2D eigenvalue weighted by molar-refractivity contribution is -0.140. The van der Waals surface area contributed by atoms with Crippen molar-refractivity contribution < 1.29 is 31.9 Å². The normalized spacial score (nSPS) is 11.9. The average molecular weight is 271 g/mol. The van der Waals surface area contributed by atoms with Crippen LogP contribution < -0.4 is 5.56 Å². The first-order valence-electron chi connectivity index (χ1n) is 4.46. The molecule has 0 spiro atoms. The molecular weight excluding hydrogens is 265 g/mol. The number of carboxylic acid groups (broad SMARTS) is 1. The third-order valence-electron chi connectivity index (χ3n) is 2.00. The first kappa shape index (κ1) is 14.1. The molecule has 100 valence electrons. The number of aliphatic carboxylic acids is 1. The summed E-state index contributed by atoms with van der Waals surface area (Å²) in [5.74, 6) is -1.66. The van der Waals surface area contributed by atoms with E-state index in [1.54, 1.807) is 0 Å². The van der Waals surface area contributed by atoms with Crippen LogP contribution in [0.3, 0.4) is 0 Å². The second kappa shape index (κ2) is 4.75. The van der Waals surface area contributed by atoms with Crippen molar-refractivity contribution in [1.82, 2.24) is 4.98 Å². The van der Waals surface area contributed by atoms with Crippen molar-refractivity contribution in [2.45, 2.75) is 19.0 Å². The molecule has 0 saturated heterocycles. The Morgan fingerprint density at radius 2 is 1.94 bits per heavy atom. The van der Waals surface area contributed by atoms with E-state index in [4.69, 9.17) is 5.11 Å². The molecule has 18 heavy (non-hydrogen) atoms. The molecule has 0 aliphatic carbocycles. The Morgan fingerprint density at radius 3 is 2.33 bits per heavy atom. The maximum atomic E-state index is 12.5. The maximum absolute atomic E-state index is 12.5. The summed E-state index contributed by atoms with van der Waals surface area (Å²) in [7, 11) is 0. The smallest absolute Gasteiger partial charge is 0.421 e. The van der Waals surface area contributed by atoms with Crippen molar-refractivity contribution in [3.63, 3.8) is 0 Å². The zero-order valence-electron chi connectivity index (χ0n) is 8.52. The van der Waals surface area contributed by atoms with Crippen molar-refractivity contribution in [1.29, 1.82) is 0 Å². The Labute approximate surface area is 96.1 Å². The molecule has 4 nitrogen and oxygen atoms in total. The summed E-state index contributed by atoms with van der Waals surface area (Å²) >= 11 is 0. The Hall–Kier alpha value is -1.93. The topological polar surface area (TPSA) is 70.2 Å². The minimum atomic E-state index is -5.11. The van der Waals surface area contributed by atoms with E-state index in [2.05, 4.69) is 0 Å². The van der Waals surface area contributed by atoms with Gasteiger partial charge in [0.15, 0.2) is 0 Å². The van der Waals surface area contributed by atoms with Crippen molar-refractivity contribution in [2.24, 2.45) is 0 Å². The van der Waals surface area contributed by atoms with Crippen LogP contribution in [0, 0.1) is 0 Å². The van der Waals surface area contributed by atoms with Gasteiger partial charge in [-0.05, 0) is 11.6 Å². The number of carboxylic acids is 1. The van der Waals surface area contributed by atoms with Crippen LogP contribution in [-0.4, -0.2) is 16.1 Å². The predicted molar refractivity (Wildman–Crippen MR) is 48.4 cm³/mol. The molecule has 0 aliphatic heterocycles. The Balaban J connectivity index is 3.50. The number of pyridine rings is 1. The van der Waals surface area contributed by atoms with Crippen molar-refractivity contribution in [3.05, 3.63) is 33.2 Å². The fraction of sp³-hybridized carbons (Fsp3) is 0.333. The van der Waals surface area contributed by atoms with Crippen molar-refractivity contribution in [2.75, 3.05) is 0 Å². The van der Waals surface area contributed by atoms with Crippen LogP contribution in [0.2, 0.25) is 0 Å². The highest BCUT2D eigenvalue weighted by molar-refractivity contribution is 5.70. The molecule has 0 bridgehead atoms. The average Bonchev–Trinajstić information content (AvgIpc) is 2.12. The standard InChI is InChI=1S/C9H6F5NO3/c10-7(11)4-1-3(2-5(16)17)6(8(18)15-4)9(12,13)14/h1,7H,2H2,(H,15,18)(H,16,17). The van der Waals surface area contributed by atoms with Gasteiger partial charge in [0.2, 0.25) is 0 Å². The first-order valence-corrected chi connectivity index (χ1v) is 4.46. The van der Waals surface area contributed by atoms with Gasteiger partial charge in [0.25, 0.3) is 12.0 Å². The van der Waals surface area contributed by atoms with Gasteiger partial charge in [0.05, 0.1) is 12.1 Å². The van der Waals surface area contributed by atoms with E-state index in [-0.39, 0.29) is 0 Å². The highest BCUT2D eigenvalue weighted by Gasteiger charge is 2.37. The fourth-order valence-corrected chi connectivity index (χ4v) is 1.37. The molecule has 0 amide bonds. The SMILES string of the molecule is O=C(O)Cc1cc(C(F)F)[nH]c(=O)c1C(F)(F)F. The number of carbonyl (C=O) groups is 1. The van der Waals surface area contributed by atoms with Crippen LogP contribution in [0.15, 0.2) is 10.9 Å². The summed E-state index contributed by atoms with van der Waals surface area (Å²) in [6.45, 7) is 0. The van der Waals surface area contributed by atoms with E-state index in [0.717, 1.165) is 0 Å². The number of halogens is 5.